The zero-order valence-electron chi connectivity index (χ0n) is 10.3. The van der Waals surface area contributed by atoms with Gasteiger partial charge in [-0.15, -0.1) is 0 Å². The molecule has 0 aliphatic heterocycles. The fourth-order valence-electron chi connectivity index (χ4n) is 1.51. The molecular weight excluding hydrogens is 424 g/mol. The van der Waals surface area contributed by atoms with Crippen molar-refractivity contribution in [1.29, 1.82) is 0 Å². The Morgan fingerprint density at radius 3 is 2.89 bits per heavy atom. The van der Waals surface area contributed by atoms with Gasteiger partial charge in [0, 0.05) is 18.3 Å². The number of benzene rings is 1. The summed E-state index contributed by atoms with van der Waals surface area (Å²) < 4.78 is 14.6. The Morgan fingerprint density at radius 1 is 1.42 bits per heavy atom. The summed E-state index contributed by atoms with van der Waals surface area (Å²) in [6.45, 7) is 2.96. The van der Waals surface area contributed by atoms with Crippen molar-refractivity contribution in [3.05, 3.63) is 38.3 Å². The molecule has 3 nitrogen and oxygen atoms in total. The monoisotopic (exact) mass is 435 g/mol. The fourth-order valence-corrected chi connectivity index (χ4v) is 2.34. The maximum atomic E-state index is 13.2. The first-order chi connectivity index (χ1) is 9.11. The van der Waals surface area contributed by atoms with Crippen molar-refractivity contribution in [3.8, 4) is 11.4 Å². The van der Waals surface area contributed by atoms with Gasteiger partial charge in [-0.3, -0.25) is 0 Å². The third kappa shape index (κ3) is 3.62. The molecule has 0 bridgehead atoms. The van der Waals surface area contributed by atoms with E-state index < -0.39 is 0 Å². The SMILES string of the molecule is CCCNc1nc(-c2ccc(F)c(Br)c2)ncc1I. The minimum atomic E-state index is -0.293. The topological polar surface area (TPSA) is 37.8 Å². The summed E-state index contributed by atoms with van der Waals surface area (Å²) in [7, 11) is 0. The molecular formula is C13H12BrFIN3. The molecule has 0 saturated heterocycles. The first kappa shape index (κ1) is 14.6. The van der Waals surface area contributed by atoms with Crippen LogP contribution in [0.15, 0.2) is 28.9 Å². The lowest BCUT2D eigenvalue weighted by molar-refractivity contribution is 0.621. The van der Waals surface area contributed by atoms with Crippen LogP contribution in [0.3, 0.4) is 0 Å². The molecule has 1 heterocycles. The van der Waals surface area contributed by atoms with Crippen LogP contribution in [0.25, 0.3) is 11.4 Å². The average Bonchev–Trinajstić information content (AvgIpc) is 2.41. The summed E-state index contributed by atoms with van der Waals surface area (Å²) in [5.41, 5.74) is 0.782. The van der Waals surface area contributed by atoms with E-state index in [0.29, 0.717) is 10.3 Å². The molecule has 0 atom stereocenters. The van der Waals surface area contributed by atoms with E-state index >= 15 is 0 Å². The standard InChI is InChI=1S/C13H12BrFIN3/c1-2-5-17-13-11(16)7-18-12(19-13)8-3-4-10(15)9(14)6-8/h3-4,6-7H,2,5H2,1H3,(H,17,18,19). The molecule has 0 radical (unpaired) electrons. The summed E-state index contributed by atoms with van der Waals surface area (Å²) in [6, 6.07) is 4.76. The highest BCUT2D eigenvalue weighted by atomic mass is 127. The smallest absolute Gasteiger partial charge is 0.161 e. The molecule has 2 aromatic rings. The first-order valence-corrected chi connectivity index (χ1v) is 7.71. The number of anilines is 1. The van der Waals surface area contributed by atoms with Crippen molar-refractivity contribution < 1.29 is 4.39 Å². The molecule has 0 aliphatic rings. The lowest BCUT2D eigenvalue weighted by Gasteiger charge is -2.08. The summed E-state index contributed by atoms with van der Waals surface area (Å²) >= 11 is 5.36. The van der Waals surface area contributed by atoms with Crippen LogP contribution in [0.1, 0.15) is 13.3 Å². The maximum Gasteiger partial charge on any atom is 0.161 e. The van der Waals surface area contributed by atoms with Crippen LogP contribution in [0.2, 0.25) is 0 Å². The zero-order valence-corrected chi connectivity index (χ0v) is 14.0. The van der Waals surface area contributed by atoms with E-state index in [-0.39, 0.29) is 5.82 Å². The Kier molecular flexibility index (Phi) is 5.09. The van der Waals surface area contributed by atoms with Gasteiger partial charge >= 0.3 is 0 Å². The number of hydrogen-bond acceptors (Lipinski definition) is 3. The van der Waals surface area contributed by atoms with Crippen molar-refractivity contribution in [2.24, 2.45) is 0 Å². The minimum Gasteiger partial charge on any atom is -0.369 e. The number of rotatable bonds is 4. The molecule has 6 heteroatoms. The van der Waals surface area contributed by atoms with Crippen LogP contribution >= 0.6 is 38.5 Å². The van der Waals surface area contributed by atoms with E-state index in [1.807, 2.05) is 0 Å². The molecule has 0 amide bonds. The Bertz CT molecular complexity index is 592. The second kappa shape index (κ2) is 6.60. The first-order valence-electron chi connectivity index (χ1n) is 5.83. The molecule has 19 heavy (non-hydrogen) atoms. The molecule has 1 aromatic heterocycles. The Balaban J connectivity index is 2.36. The lowest BCUT2D eigenvalue weighted by Crippen LogP contribution is -2.05. The zero-order chi connectivity index (χ0) is 13.8. The van der Waals surface area contributed by atoms with Gasteiger partial charge in [-0.25, -0.2) is 14.4 Å². The van der Waals surface area contributed by atoms with E-state index in [1.165, 1.54) is 6.07 Å². The molecule has 0 unspecified atom stereocenters. The molecule has 100 valence electrons. The van der Waals surface area contributed by atoms with Crippen LogP contribution in [0.5, 0.6) is 0 Å². The van der Waals surface area contributed by atoms with Gasteiger partial charge in [-0.1, -0.05) is 6.92 Å². The predicted molar refractivity (Wildman–Crippen MR) is 86.6 cm³/mol. The van der Waals surface area contributed by atoms with E-state index in [4.69, 9.17) is 0 Å². The van der Waals surface area contributed by atoms with E-state index in [1.54, 1.807) is 18.3 Å². The third-order valence-electron chi connectivity index (χ3n) is 2.46. The molecule has 0 saturated carbocycles. The number of halogens is 3. The second-order valence-corrected chi connectivity index (χ2v) is 5.96. The summed E-state index contributed by atoms with van der Waals surface area (Å²) in [6.07, 6.45) is 2.79. The Hall–Kier alpha value is -0.760. The number of nitrogens with one attached hydrogen (secondary N) is 1. The third-order valence-corrected chi connectivity index (χ3v) is 3.86. The van der Waals surface area contributed by atoms with Crippen molar-refractivity contribution >= 4 is 44.3 Å². The van der Waals surface area contributed by atoms with E-state index in [9.17, 15) is 4.39 Å². The Morgan fingerprint density at radius 2 is 2.21 bits per heavy atom. The van der Waals surface area contributed by atoms with Crippen LogP contribution in [-0.2, 0) is 0 Å². The van der Waals surface area contributed by atoms with Crippen LogP contribution in [0, 0.1) is 9.39 Å². The normalized spacial score (nSPS) is 10.5. The predicted octanol–water partition coefficient (Wildman–Crippen LogP) is 4.47. The molecule has 0 aliphatic carbocycles. The molecule has 0 fully saturated rings. The van der Waals surface area contributed by atoms with Crippen molar-refractivity contribution in [2.45, 2.75) is 13.3 Å². The van der Waals surface area contributed by atoms with Gasteiger partial charge in [0.2, 0.25) is 0 Å². The van der Waals surface area contributed by atoms with Crippen LogP contribution in [-0.4, -0.2) is 16.5 Å². The maximum absolute atomic E-state index is 13.2. The summed E-state index contributed by atoms with van der Waals surface area (Å²) in [5, 5.41) is 3.25. The van der Waals surface area contributed by atoms with E-state index in [2.05, 4.69) is 60.7 Å². The van der Waals surface area contributed by atoms with Crippen LogP contribution < -0.4 is 5.32 Å². The van der Waals surface area contributed by atoms with Gasteiger partial charge < -0.3 is 5.32 Å². The van der Waals surface area contributed by atoms with Gasteiger partial charge in [0.25, 0.3) is 0 Å². The molecule has 1 aromatic carbocycles. The minimum absolute atomic E-state index is 0.293. The van der Waals surface area contributed by atoms with Crippen molar-refractivity contribution in [2.75, 3.05) is 11.9 Å². The summed E-state index contributed by atoms with van der Waals surface area (Å²) in [5.74, 6) is 1.10. The number of hydrogen-bond donors (Lipinski definition) is 1. The fraction of sp³-hybridized carbons (Fsp3) is 0.231. The second-order valence-electron chi connectivity index (χ2n) is 3.95. The summed E-state index contributed by atoms with van der Waals surface area (Å²) in [4.78, 5) is 8.76. The largest absolute Gasteiger partial charge is 0.369 e. The average molecular weight is 436 g/mol. The van der Waals surface area contributed by atoms with Gasteiger partial charge in [0.15, 0.2) is 5.82 Å². The highest BCUT2D eigenvalue weighted by Crippen LogP contribution is 2.24. The van der Waals surface area contributed by atoms with E-state index in [0.717, 1.165) is 27.9 Å². The number of aromatic nitrogens is 2. The quantitative estimate of drug-likeness (QED) is 0.720. The van der Waals surface area contributed by atoms with Crippen LogP contribution in [0.4, 0.5) is 10.2 Å². The highest BCUT2D eigenvalue weighted by molar-refractivity contribution is 14.1. The highest BCUT2D eigenvalue weighted by Gasteiger charge is 2.08. The molecule has 0 spiro atoms. The van der Waals surface area contributed by atoms with Crippen molar-refractivity contribution in [1.82, 2.24) is 9.97 Å². The molecule has 1 N–H and O–H groups in total. The Labute approximate surface area is 133 Å². The van der Waals surface area contributed by atoms with Crippen molar-refractivity contribution in [3.63, 3.8) is 0 Å². The lowest BCUT2D eigenvalue weighted by atomic mass is 10.2. The van der Waals surface area contributed by atoms with Gasteiger partial charge in [0.1, 0.15) is 11.6 Å². The van der Waals surface area contributed by atoms with Gasteiger partial charge in [-0.2, -0.15) is 0 Å². The molecule has 2 rings (SSSR count). The van der Waals surface area contributed by atoms with Gasteiger partial charge in [0.05, 0.1) is 8.04 Å². The van der Waals surface area contributed by atoms with Gasteiger partial charge in [-0.05, 0) is 63.1 Å². The number of nitrogens with zero attached hydrogens (tertiary/aromatic N) is 2.